The minimum absolute atomic E-state index is 0.159. The van der Waals surface area contributed by atoms with Gasteiger partial charge in [0.05, 0.1) is 24.0 Å². The topological polar surface area (TPSA) is 52.5 Å². The molecule has 4 aliphatic rings. The third-order valence-corrected chi connectivity index (χ3v) is 6.47. The average molecular weight is 406 g/mol. The molecule has 156 valence electrons. The second kappa shape index (κ2) is 6.38. The molecule has 0 N–H and O–H groups in total. The summed E-state index contributed by atoms with van der Waals surface area (Å²) in [6.45, 7) is 6.10. The van der Waals surface area contributed by atoms with Crippen LogP contribution < -0.4 is 14.2 Å². The molecule has 2 aromatic rings. The van der Waals surface area contributed by atoms with Crippen molar-refractivity contribution in [3.63, 3.8) is 0 Å². The van der Waals surface area contributed by atoms with Crippen molar-refractivity contribution in [2.75, 3.05) is 19.8 Å². The summed E-state index contributed by atoms with van der Waals surface area (Å²) in [6, 6.07) is 14.6. The molecule has 0 unspecified atom stereocenters. The fourth-order valence-electron chi connectivity index (χ4n) is 5.20. The molecule has 0 aliphatic carbocycles. The van der Waals surface area contributed by atoms with Crippen molar-refractivity contribution in [3.8, 4) is 17.2 Å². The molecule has 0 amide bonds. The van der Waals surface area contributed by atoms with E-state index in [0.29, 0.717) is 19.8 Å². The molecule has 4 heterocycles. The van der Waals surface area contributed by atoms with Gasteiger partial charge in [-0.15, -0.1) is 0 Å². The van der Waals surface area contributed by atoms with Crippen molar-refractivity contribution in [2.24, 2.45) is 5.10 Å². The van der Waals surface area contributed by atoms with E-state index < -0.39 is 5.72 Å². The van der Waals surface area contributed by atoms with Gasteiger partial charge >= 0.3 is 0 Å². The van der Waals surface area contributed by atoms with Crippen molar-refractivity contribution in [1.29, 1.82) is 0 Å². The van der Waals surface area contributed by atoms with Crippen molar-refractivity contribution >= 4 is 5.71 Å². The molecule has 4 aliphatic heterocycles. The molecule has 1 fully saturated rings. The van der Waals surface area contributed by atoms with E-state index in [1.165, 1.54) is 5.56 Å². The lowest BCUT2D eigenvalue weighted by molar-refractivity contribution is -0.212. The Morgan fingerprint density at radius 3 is 2.67 bits per heavy atom. The number of benzene rings is 2. The van der Waals surface area contributed by atoms with Gasteiger partial charge in [0.2, 0.25) is 5.72 Å². The minimum atomic E-state index is -0.490. The Hall–Kier alpha value is -2.73. The van der Waals surface area contributed by atoms with Gasteiger partial charge in [0.15, 0.2) is 11.5 Å². The number of nitrogens with zero attached hydrogens (tertiary/aromatic N) is 2. The molecular weight excluding hydrogens is 380 g/mol. The van der Waals surface area contributed by atoms with Crippen LogP contribution in [-0.2, 0) is 4.74 Å². The Kier molecular flexibility index (Phi) is 3.84. The Balaban J connectivity index is 1.43. The van der Waals surface area contributed by atoms with Gasteiger partial charge in [-0.3, -0.25) is 0 Å². The van der Waals surface area contributed by atoms with Gasteiger partial charge in [-0.05, 0) is 38.1 Å². The van der Waals surface area contributed by atoms with Gasteiger partial charge in [0, 0.05) is 30.4 Å². The molecule has 6 nitrogen and oxygen atoms in total. The number of ether oxygens (including phenoxy) is 4. The second-order valence-electron chi connectivity index (χ2n) is 9.09. The molecule has 0 bridgehead atoms. The van der Waals surface area contributed by atoms with Crippen molar-refractivity contribution in [3.05, 3.63) is 53.6 Å². The van der Waals surface area contributed by atoms with Crippen LogP contribution in [0.5, 0.6) is 17.2 Å². The summed E-state index contributed by atoms with van der Waals surface area (Å²) in [7, 11) is 0. The van der Waals surface area contributed by atoms with Gasteiger partial charge < -0.3 is 18.9 Å². The third kappa shape index (κ3) is 2.77. The van der Waals surface area contributed by atoms with Crippen LogP contribution in [0.1, 0.15) is 50.3 Å². The summed E-state index contributed by atoms with van der Waals surface area (Å²) < 4.78 is 24.2. The summed E-state index contributed by atoms with van der Waals surface area (Å²) in [5, 5.41) is 7.36. The molecule has 2 atom stereocenters. The first-order chi connectivity index (χ1) is 14.5. The van der Waals surface area contributed by atoms with Gasteiger partial charge in [-0.1, -0.05) is 18.2 Å². The highest BCUT2D eigenvalue weighted by Crippen LogP contribution is 2.52. The molecule has 2 aromatic carbocycles. The molecule has 6 rings (SSSR count). The summed E-state index contributed by atoms with van der Waals surface area (Å²) in [6.07, 6.45) is 2.39. The molecule has 0 saturated carbocycles. The lowest BCUT2D eigenvalue weighted by Gasteiger charge is -2.52. The molecule has 6 heteroatoms. The zero-order chi connectivity index (χ0) is 20.3. The summed E-state index contributed by atoms with van der Waals surface area (Å²) >= 11 is 0. The zero-order valence-electron chi connectivity index (χ0n) is 17.4. The van der Waals surface area contributed by atoms with E-state index in [0.717, 1.165) is 47.8 Å². The van der Waals surface area contributed by atoms with E-state index in [1.54, 1.807) is 0 Å². The Morgan fingerprint density at radius 2 is 1.80 bits per heavy atom. The van der Waals surface area contributed by atoms with Crippen molar-refractivity contribution in [1.82, 2.24) is 5.01 Å². The standard InChI is InChI=1S/C24H26N2O4/c1-23(2)15-24(9-10-29-23)26-19(17-5-3-4-6-20(17)30-24)14-18(25-26)16-7-8-21-22(13-16)28-12-11-27-21/h3-8,13,19H,9-12,14-15H2,1-2H3/t19-,24+/m0/s1. The fraction of sp³-hybridized carbons (Fsp3) is 0.458. The van der Waals surface area contributed by atoms with Gasteiger partial charge in [0.1, 0.15) is 19.0 Å². The number of rotatable bonds is 1. The second-order valence-corrected chi connectivity index (χ2v) is 9.09. The van der Waals surface area contributed by atoms with Gasteiger partial charge in [-0.2, -0.15) is 5.10 Å². The van der Waals surface area contributed by atoms with Crippen LogP contribution >= 0.6 is 0 Å². The average Bonchev–Trinajstić information content (AvgIpc) is 3.20. The summed E-state index contributed by atoms with van der Waals surface area (Å²) in [5.41, 5.74) is 2.58. The Labute approximate surface area is 176 Å². The zero-order valence-corrected chi connectivity index (χ0v) is 17.4. The largest absolute Gasteiger partial charge is 0.486 e. The van der Waals surface area contributed by atoms with Crippen LogP contribution in [0.2, 0.25) is 0 Å². The predicted octanol–water partition coefficient (Wildman–Crippen LogP) is 4.29. The fourth-order valence-corrected chi connectivity index (χ4v) is 5.20. The van der Waals surface area contributed by atoms with Crippen LogP contribution in [0.4, 0.5) is 0 Å². The number of hydrogen-bond acceptors (Lipinski definition) is 6. The van der Waals surface area contributed by atoms with Gasteiger partial charge in [-0.25, -0.2) is 5.01 Å². The molecule has 30 heavy (non-hydrogen) atoms. The van der Waals surface area contributed by atoms with E-state index in [4.69, 9.17) is 24.0 Å². The number of hydrazone groups is 1. The highest BCUT2D eigenvalue weighted by Gasteiger charge is 2.54. The highest BCUT2D eigenvalue weighted by atomic mass is 16.6. The Bertz CT molecular complexity index is 1030. The number of para-hydroxylation sites is 1. The number of hydrogen-bond donors (Lipinski definition) is 0. The van der Waals surface area contributed by atoms with Crippen LogP contribution in [-0.4, -0.2) is 41.9 Å². The SMILES string of the molecule is CC1(C)C[C@@]2(CCO1)Oc1ccccc1[C@@H]1CC(c3ccc4c(c3)OCCO4)=NN12. The van der Waals surface area contributed by atoms with Crippen LogP contribution in [0, 0.1) is 0 Å². The normalized spacial score (nSPS) is 28.4. The number of fused-ring (bicyclic) bond motifs is 5. The molecule has 1 saturated heterocycles. The predicted molar refractivity (Wildman–Crippen MR) is 112 cm³/mol. The van der Waals surface area contributed by atoms with Crippen molar-refractivity contribution < 1.29 is 18.9 Å². The van der Waals surface area contributed by atoms with Crippen LogP contribution in [0.25, 0.3) is 0 Å². The monoisotopic (exact) mass is 406 g/mol. The third-order valence-electron chi connectivity index (χ3n) is 6.47. The molecule has 0 aromatic heterocycles. The highest BCUT2D eigenvalue weighted by molar-refractivity contribution is 6.02. The van der Waals surface area contributed by atoms with Crippen LogP contribution in [0.15, 0.2) is 47.6 Å². The maximum atomic E-state index is 6.68. The van der Waals surface area contributed by atoms with E-state index in [1.807, 2.05) is 12.1 Å². The lowest BCUT2D eigenvalue weighted by atomic mass is 9.86. The molecule has 1 spiro atoms. The first-order valence-corrected chi connectivity index (χ1v) is 10.7. The maximum Gasteiger partial charge on any atom is 0.203 e. The maximum absolute atomic E-state index is 6.68. The molecule has 0 radical (unpaired) electrons. The van der Waals surface area contributed by atoms with E-state index in [2.05, 4.69) is 49.2 Å². The first-order valence-electron chi connectivity index (χ1n) is 10.7. The minimum Gasteiger partial charge on any atom is -0.486 e. The Morgan fingerprint density at radius 1 is 0.967 bits per heavy atom. The van der Waals surface area contributed by atoms with E-state index >= 15 is 0 Å². The van der Waals surface area contributed by atoms with Gasteiger partial charge in [0.25, 0.3) is 0 Å². The molecular formula is C24H26N2O4. The van der Waals surface area contributed by atoms with Crippen molar-refractivity contribution in [2.45, 2.75) is 50.5 Å². The summed E-state index contributed by atoms with van der Waals surface area (Å²) in [4.78, 5) is 0. The van der Waals surface area contributed by atoms with Crippen LogP contribution in [0.3, 0.4) is 0 Å². The smallest absolute Gasteiger partial charge is 0.203 e. The summed E-state index contributed by atoms with van der Waals surface area (Å²) in [5.74, 6) is 2.57. The quantitative estimate of drug-likeness (QED) is 0.707. The first kappa shape index (κ1) is 18.1. The van der Waals surface area contributed by atoms with E-state index in [-0.39, 0.29) is 11.6 Å². The lowest BCUT2D eigenvalue weighted by Crippen LogP contribution is -2.60. The van der Waals surface area contributed by atoms with E-state index in [9.17, 15) is 0 Å².